The molecule has 1 aromatic carbocycles. The minimum Gasteiger partial charge on any atom is -0.355 e. The Hall–Kier alpha value is -0.983. The van der Waals surface area contributed by atoms with Gasteiger partial charge in [0.2, 0.25) is 0 Å². The van der Waals surface area contributed by atoms with E-state index < -0.39 is 9.05 Å². The normalized spacial score (nSPS) is 11.5. The van der Waals surface area contributed by atoms with Crippen molar-refractivity contribution in [3.8, 4) is 0 Å². The molecule has 100 valence electrons. The fourth-order valence-electron chi connectivity index (χ4n) is 1.54. The lowest BCUT2D eigenvalue weighted by atomic mass is 10.1. The standard InChI is InChI=1S/C13H20O4Si/c1-5-12-6-8-13(9-7-12)10-11-17-18(14-2,15-3)16-4/h5-9H,1,10-11H2,2-4H3. The molecule has 1 rings (SSSR count). The van der Waals surface area contributed by atoms with Gasteiger partial charge in [0.05, 0.1) is 0 Å². The Bertz CT molecular complexity index is 351. The summed E-state index contributed by atoms with van der Waals surface area (Å²) in [7, 11) is 1.67. The monoisotopic (exact) mass is 268 g/mol. The summed E-state index contributed by atoms with van der Waals surface area (Å²) in [5.41, 5.74) is 2.29. The Morgan fingerprint density at radius 1 is 1.06 bits per heavy atom. The molecule has 0 heterocycles. The van der Waals surface area contributed by atoms with Crippen LogP contribution in [0, 0.1) is 0 Å². The average molecular weight is 268 g/mol. The fraction of sp³-hybridized carbons (Fsp3) is 0.385. The molecule has 0 fully saturated rings. The third-order valence-corrected chi connectivity index (χ3v) is 4.69. The highest BCUT2D eigenvalue weighted by molar-refractivity contribution is 6.53. The van der Waals surface area contributed by atoms with Gasteiger partial charge in [-0.1, -0.05) is 36.9 Å². The molecule has 0 aliphatic heterocycles. The van der Waals surface area contributed by atoms with Gasteiger partial charge in [-0.05, 0) is 17.5 Å². The summed E-state index contributed by atoms with van der Waals surface area (Å²) in [6.45, 7) is 4.21. The molecule has 0 atom stereocenters. The van der Waals surface area contributed by atoms with Crippen LogP contribution >= 0.6 is 0 Å². The predicted octanol–water partition coefficient (Wildman–Crippen LogP) is 2.26. The lowest BCUT2D eigenvalue weighted by Gasteiger charge is -2.22. The summed E-state index contributed by atoms with van der Waals surface area (Å²) >= 11 is 0. The Morgan fingerprint density at radius 2 is 1.61 bits per heavy atom. The first kappa shape index (κ1) is 15.1. The van der Waals surface area contributed by atoms with Crippen molar-refractivity contribution in [2.75, 3.05) is 27.9 Å². The molecule has 0 unspecified atom stereocenters. The zero-order chi connectivity index (χ0) is 13.4. The molecular weight excluding hydrogens is 248 g/mol. The van der Waals surface area contributed by atoms with Gasteiger partial charge in [0.1, 0.15) is 0 Å². The van der Waals surface area contributed by atoms with Crippen LogP contribution in [0.3, 0.4) is 0 Å². The first-order chi connectivity index (χ1) is 8.69. The van der Waals surface area contributed by atoms with E-state index in [4.69, 9.17) is 17.7 Å². The van der Waals surface area contributed by atoms with Crippen molar-refractivity contribution in [3.63, 3.8) is 0 Å². The van der Waals surface area contributed by atoms with Gasteiger partial charge in [-0.15, -0.1) is 0 Å². The summed E-state index contributed by atoms with van der Waals surface area (Å²) in [5.74, 6) is 0. The third-order valence-electron chi connectivity index (χ3n) is 2.63. The fourth-order valence-corrected chi connectivity index (χ4v) is 2.75. The van der Waals surface area contributed by atoms with Crippen molar-refractivity contribution >= 4 is 15.1 Å². The van der Waals surface area contributed by atoms with E-state index in [0.29, 0.717) is 6.61 Å². The highest BCUT2D eigenvalue weighted by Gasteiger charge is 2.41. The Kier molecular flexibility index (Phi) is 6.24. The van der Waals surface area contributed by atoms with Crippen LogP contribution in [0.5, 0.6) is 0 Å². The largest absolute Gasteiger partial charge is 0.678 e. The van der Waals surface area contributed by atoms with Gasteiger partial charge in [0.25, 0.3) is 0 Å². The van der Waals surface area contributed by atoms with Crippen LogP contribution in [0.4, 0.5) is 0 Å². The summed E-state index contributed by atoms with van der Waals surface area (Å²) in [4.78, 5) is 0. The second-order valence-corrected chi connectivity index (χ2v) is 6.17. The molecule has 0 aromatic heterocycles. The van der Waals surface area contributed by atoms with E-state index in [1.165, 1.54) is 26.9 Å². The molecule has 18 heavy (non-hydrogen) atoms. The van der Waals surface area contributed by atoms with Crippen LogP contribution in [0.15, 0.2) is 30.8 Å². The van der Waals surface area contributed by atoms with Crippen LogP contribution in [0.1, 0.15) is 11.1 Å². The minimum absolute atomic E-state index is 0.495. The van der Waals surface area contributed by atoms with Crippen molar-refractivity contribution in [1.29, 1.82) is 0 Å². The van der Waals surface area contributed by atoms with Crippen molar-refractivity contribution in [1.82, 2.24) is 0 Å². The predicted molar refractivity (Wildman–Crippen MR) is 73.0 cm³/mol. The molecule has 4 nitrogen and oxygen atoms in total. The van der Waals surface area contributed by atoms with Crippen molar-refractivity contribution in [2.24, 2.45) is 0 Å². The van der Waals surface area contributed by atoms with Crippen molar-refractivity contribution < 1.29 is 17.7 Å². The summed E-state index contributed by atoms with van der Waals surface area (Å²) in [6.07, 6.45) is 2.60. The molecule has 0 saturated carbocycles. The summed E-state index contributed by atoms with van der Waals surface area (Å²) in [5, 5.41) is 0. The number of hydrogen-bond acceptors (Lipinski definition) is 4. The summed E-state index contributed by atoms with van der Waals surface area (Å²) < 4.78 is 21.1. The lowest BCUT2D eigenvalue weighted by molar-refractivity contribution is 0.00672. The van der Waals surface area contributed by atoms with Crippen molar-refractivity contribution in [2.45, 2.75) is 6.42 Å². The van der Waals surface area contributed by atoms with Crippen molar-refractivity contribution in [3.05, 3.63) is 42.0 Å². The van der Waals surface area contributed by atoms with Gasteiger partial charge in [-0.3, -0.25) is 0 Å². The maximum absolute atomic E-state index is 5.59. The SMILES string of the molecule is C=Cc1ccc(CCO[Si](OC)(OC)OC)cc1. The molecule has 5 heteroatoms. The molecule has 0 saturated heterocycles. The average Bonchev–Trinajstić information content (AvgIpc) is 2.45. The van der Waals surface area contributed by atoms with Gasteiger partial charge in [-0.25, -0.2) is 0 Å². The molecule has 0 radical (unpaired) electrons. The maximum Gasteiger partial charge on any atom is 0.678 e. The summed E-state index contributed by atoms with van der Waals surface area (Å²) in [6, 6.07) is 8.15. The number of rotatable bonds is 8. The second-order valence-electron chi connectivity index (χ2n) is 3.66. The highest BCUT2D eigenvalue weighted by Crippen LogP contribution is 2.10. The van der Waals surface area contributed by atoms with Crippen LogP contribution in [0.2, 0.25) is 0 Å². The Morgan fingerprint density at radius 3 is 2.06 bits per heavy atom. The van der Waals surface area contributed by atoms with Crippen LogP contribution in [0.25, 0.3) is 6.08 Å². The molecule has 0 aliphatic rings. The van der Waals surface area contributed by atoms with E-state index in [0.717, 1.165) is 12.0 Å². The van der Waals surface area contributed by atoms with E-state index in [9.17, 15) is 0 Å². The molecule has 0 bridgehead atoms. The van der Waals surface area contributed by atoms with E-state index in [1.54, 1.807) is 0 Å². The van der Waals surface area contributed by atoms with Gasteiger partial charge < -0.3 is 17.7 Å². The van der Waals surface area contributed by atoms with Gasteiger partial charge in [-0.2, -0.15) is 0 Å². The quantitative estimate of drug-likeness (QED) is 0.678. The van der Waals surface area contributed by atoms with Gasteiger partial charge in [0.15, 0.2) is 0 Å². The molecule has 0 aliphatic carbocycles. The first-order valence-electron chi connectivity index (χ1n) is 5.70. The van der Waals surface area contributed by atoms with Crippen LogP contribution in [-0.4, -0.2) is 37.0 Å². The van der Waals surface area contributed by atoms with E-state index in [2.05, 4.69) is 18.7 Å². The lowest BCUT2D eigenvalue weighted by Crippen LogP contribution is -2.46. The van der Waals surface area contributed by atoms with Crippen LogP contribution in [-0.2, 0) is 24.1 Å². The minimum atomic E-state index is -2.91. The number of hydrogen-bond donors (Lipinski definition) is 0. The zero-order valence-corrected chi connectivity index (χ0v) is 12.1. The molecular formula is C13H20O4Si. The smallest absolute Gasteiger partial charge is 0.355 e. The van der Waals surface area contributed by atoms with Gasteiger partial charge >= 0.3 is 9.05 Å². The highest BCUT2D eigenvalue weighted by atomic mass is 28.4. The first-order valence-corrected chi connectivity index (χ1v) is 7.33. The van der Waals surface area contributed by atoms with E-state index in [-0.39, 0.29) is 0 Å². The Balaban J connectivity index is 2.47. The molecule has 0 N–H and O–H groups in total. The molecule has 1 aromatic rings. The Labute approximate surface area is 110 Å². The van der Waals surface area contributed by atoms with Gasteiger partial charge in [0, 0.05) is 27.9 Å². The van der Waals surface area contributed by atoms with E-state index in [1.807, 2.05) is 18.2 Å². The molecule has 0 spiro atoms. The van der Waals surface area contributed by atoms with E-state index >= 15 is 0 Å². The second kappa shape index (κ2) is 7.45. The molecule has 0 amide bonds. The maximum atomic E-state index is 5.59. The third kappa shape index (κ3) is 4.04. The topological polar surface area (TPSA) is 36.9 Å². The number of benzene rings is 1. The zero-order valence-electron chi connectivity index (χ0n) is 11.1. The van der Waals surface area contributed by atoms with Crippen LogP contribution < -0.4 is 0 Å².